The number of nitriles is 1. The summed E-state index contributed by atoms with van der Waals surface area (Å²) in [6.45, 7) is 2.49. The minimum atomic E-state index is -0.460. The van der Waals surface area contributed by atoms with Gasteiger partial charge in [0.25, 0.3) is 5.69 Å². The van der Waals surface area contributed by atoms with Crippen molar-refractivity contribution in [3.63, 3.8) is 0 Å². The number of benzene rings is 2. The van der Waals surface area contributed by atoms with Gasteiger partial charge in [-0.05, 0) is 29.8 Å². The van der Waals surface area contributed by atoms with Gasteiger partial charge in [-0.1, -0.05) is 24.3 Å². The molecule has 0 amide bonds. The summed E-state index contributed by atoms with van der Waals surface area (Å²) in [6.07, 6.45) is 1.58. The number of hydrogen-bond acceptors (Lipinski definition) is 8. The smallest absolute Gasteiger partial charge is 0.292 e. The van der Waals surface area contributed by atoms with Crippen LogP contribution >= 0.6 is 0 Å². The maximum atomic E-state index is 11.4. The van der Waals surface area contributed by atoms with E-state index in [1.54, 1.807) is 25.3 Å². The average Bonchev–Trinajstić information content (AvgIpc) is 3.28. The largest absolute Gasteiger partial charge is 0.383 e. The van der Waals surface area contributed by atoms with E-state index in [0.717, 1.165) is 5.69 Å². The third-order valence-electron chi connectivity index (χ3n) is 5.11. The molecule has 1 aromatic heterocycles. The monoisotopic (exact) mass is 431 g/mol. The molecular formula is C22H21N7O3. The van der Waals surface area contributed by atoms with Crippen molar-refractivity contribution in [2.24, 2.45) is 0 Å². The molecule has 0 atom stereocenters. The van der Waals surface area contributed by atoms with Crippen LogP contribution in [-0.4, -0.2) is 53.0 Å². The van der Waals surface area contributed by atoms with Gasteiger partial charge in [-0.25, -0.2) is 0 Å². The Bertz CT molecular complexity index is 1190. The fraction of sp³-hybridized carbons (Fsp3) is 0.227. The summed E-state index contributed by atoms with van der Waals surface area (Å²) in [6, 6.07) is 16.5. The van der Waals surface area contributed by atoms with Crippen LogP contribution in [0.5, 0.6) is 0 Å². The first-order valence-corrected chi connectivity index (χ1v) is 10.0. The van der Waals surface area contributed by atoms with Gasteiger partial charge < -0.3 is 15.0 Å². The molecule has 0 spiro atoms. The predicted octanol–water partition coefficient (Wildman–Crippen LogP) is 3.12. The maximum absolute atomic E-state index is 11.4. The first kappa shape index (κ1) is 21.0. The van der Waals surface area contributed by atoms with Gasteiger partial charge >= 0.3 is 0 Å². The molecule has 1 aliphatic rings. The highest BCUT2D eigenvalue weighted by Crippen LogP contribution is 2.29. The van der Waals surface area contributed by atoms with Crippen LogP contribution in [-0.2, 0) is 4.74 Å². The second-order valence-corrected chi connectivity index (χ2v) is 7.05. The van der Waals surface area contributed by atoms with Crippen molar-refractivity contribution in [2.45, 2.75) is 0 Å². The second-order valence-electron chi connectivity index (χ2n) is 7.05. The lowest BCUT2D eigenvalue weighted by Gasteiger charge is -2.28. The van der Waals surface area contributed by atoms with E-state index in [-0.39, 0.29) is 11.3 Å². The maximum Gasteiger partial charge on any atom is 0.292 e. The molecule has 10 nitrogen and oxygen atoms in total. The minimum Gasteiger partial charge on any atom is -0.383 e. The molecule has 1 fully saturated rings. The van der Waals surface area contributed by atoms with Crippen molar-refractivity contribution >= 4 is 29.0 Å². The van der Waals surface area contributed by atoms with E-state index in [4.69, 9.17) is 4.74 Å². The molecular weight excluding hydrogens is 410 g/mol. The van der Waals surface area contributed by atoms with Crippen molar-refractivity contribution in [3.05, 3.63) is 70.0 Å². The fourth-order valence-electron chi connectivity index (χ4n) is 3.55. The molecule has 0 aliphatic carbocycles. The third-order valence-corrected chi connectivity index (χ3v) is 5.11. The number of morpholine rings is 1. The number of para-hydroxylation sites is 1. The Morgan fingerprint density at radius 1 is 1.22 bits per heavy atom. The lowest BCUT2D eigenvalue weighted by molar-refractivity contribution is -0.383. The van der Waals surface area contributed by atoms with E-state index in [9.17, 15) is 15.4 Å². The summed E-state index contributed by atoms with van der Waals surface area (Å²) in [5.41, 5.74) is 1.89. The number of allylic oxidation sites excluding steroid dienone is 1. The molecule has 4 rings (SSSR count). The van der Waals surface area contributed by atoms with E-state index in [1.807, 2.05) is 34.9 Å². The molecule has 0 bridgehead atoms. The van der Waals surface area contributed by atoms with Gasteiger partial charge in [0.15, 0.2) is 5.82 Å². The Morgan fingerprint density at radius 2 is 1.97 bits per heavy atom. The Hall–Kier alpha value is -4.23. The van der Waals surface area contributed by atoms with Gasteiger partial charge in [0, 0.05) is 26.2 Å². The zero-order valence-electron chi connectivity index (χ0n) is 17.4. The SMILES string of the molecule is CNc1ccc(/C=C(\C#N)c2nnc(N3CCOCC3)n2-c2ccccc2)cc1[N+](=O)[O-]. The van der Waals surface area contributed by atoms with Gasteiger partial charge in [-0.2, -0.15) is 5.26 Å². The summed E-state index contributed by atoms with van der Waals surface area (Å²) in [4.78, 5) is 13.0. The molecule has 2 heterocycles. The molecule has 0 radical (unpaired) electrons. The lowest BCUT2D eigenvalue weighted by atomic mass is 10.1. The Morgan fingerprint density at radius 3 is 2.62 bits per heavy atom. The number of nitro groups is 1. The summed E-state index contributed by atoms with van der Waals surface area (Å²) in [7, 11) is 1.62. The van der Waals surface area contributed by atoms with E-state index < -0.39 is 4.92 Å². The van der Waals surface area contributed by atoms with Crippen LogP contribution in [0.15, 0.2) is 48.5 Å². The molecule has 2 aromatic carbocycles. The van der Waals surface area contributed by atoms with Gasteiger partial charge in [-0.15, -0.1) is 10.2 Å². The highest BCUT2D eigenvalue weighted by Gasteiger charge is 2.23. The van der Waals surface area contributed by atoms with Crippen LogP contribution in [0.2, 0.25) is 0 Å². The van der Waals surface area contributed by atoms with E-state index in [1.165, 1.54) is 6.07 Å². The molecule has 3 aromatic rings. The standard InChI is InChI=1S/C22H21N7O3/c1-24-19-8-7-16(14-20(19)29(30)31)13-17(15-23)21-25-26-22(27-9-11-32-12-10-27)28(21)18-5-3-2-4-6-18/h2-8,13-14,24H,9-12H2,1H3/b17-13+. The number of nitrogens with one attached hydrogen (secondary N) is 1. The average molecular weight is 431 g/mol. The highest BCUT2D eigenvalue weighted by atomic mass is 16.6. The van der Waals surface area contributed by atoms with Crippen LogP contribution in [0.4, 0.5) is 17.3 Å². The molecule has 1 aliphatic heterocycles. The van der Waals surface area contributed by atoms with Crippen LogP contribution in [0.1, 0.15) is 11.4 Å². The van der Waals surface area contributed by atoms with E-state index in [0.29, 0.717) is 49.3 Å². The normalized spacial score (nSPS) is 14.1. The van der Waals surface area contributed by atoms with E-state index >= 15 is 0 Å². The summed E-state index contributed by atoms with van der Waals surface area (Å²) in [5, 5.41) is 32.8. The zero-order valence-corrected chi connectivity index (χ0v) is 17.4. The summed E-state index contributed by atoms with van der Waals surface area (Å²) >= 11 is 0. The number of anilines is 2. The van der Waals surface area contributed by atoms with Gasteiger partial charge in [0.05, 0.1) is 29.4 Å². The number of nitro benzene ring substituents is 1. The summed E-state index contributed by atoms with van der Waals surface area (Å²) in [5.74, 6) is 0.979. The number of ether oxygens (including phenoxy) is 1. The van der Waals surface area contributed by atoms with Crippen LogP contribution in [0.3, 0.4) is 0 Å². The lowest BCUT2D eigenvalue weighted by Crippen LogP contribution is -2.38. The molecule has 1 saturated heterocycles. The molecule has 0 saturated carbocycles. The van der Waals surface area contributed by atoms with Gasteiger partial charge in [0.1, 0.15) is 11.8 Å². The highest BCUT2D eigenvalue weighted by molar-refractivity contribution is 5.89. The molecule has 10 heteroatoms. The minimum absolute atomic E-state index is 0.0722. The molecule has 1 N–H and O–H groups in total. The number of hydrogen-bond donors (Lipinski definition) is 1. The van der Waals surface area contributed by atoms with E-state index in [2.05, 4.69) is 26.5 Å². The van der Waals surface area contributed by atoms with Crippen LogP contribution < -0.4 is 10.2 Å². The molecule has 0 unspecified atom stereocenters. The van der Waals surface area contributed by atoms with Gasteiger partial charge in [0.2, 0.25) is 5.95 Å². The number of rotatable bonds is 6. The third kappa shape index (κ3) is 4.14. The first-order valence-electron chi connectivity index (χ1n) is 10.0. The summed E-state index contributed by atoms with van der Waals surface area (Å²) < 4.78 is 7.28. The quantitative estimate of drug-likeness (QED) is 0.359. The first-order chi connectivity index (χ1) is 15.6. The van der Waals surface area contributed by atoms with Crippen molar-refractivity contribution < 1.29 is 9.66 Å². The van der Waals surface area contributed by atoms with Crippen LogP contribution in [0, 0.1) is 21.4 Å². The topological polar surface area (TPSA) is 122 Å². The molecule has 162 valence electrons. The molecule has 32 heavy (non-hydrogen) atoms. The van der Waals surface area contributed by atoms with Crippen molar-refractivity contribution in [1.29, 1.82) is 5.26 Å². The van der Waals surface area contributed by atoms with Crippen molar-refractivity contribution in [3.8, 4) is 11.8 Å². The van der Waals surface area contributed by atoms with Crippen LogP contribution in [0.25, 0.3) is 17.3 Å². The Balaban J connectivity index is 1.83. The second kappa shape index (κ2) is 9.28. The Kier molecular flexibility index (Phi) is 6.10. The zero-order chi connectivity index (χ0) is 22.5. The number of nitrogens with zero attached hydrogens (tertiary/aromatic N) is 6. The number of aromatic nitrogens is 3. The Labute approximate surface area is 184 Å². The van der Waals surface area contributed by atoms with Crippen molar-refractivity contribution in [2.75, 3.05) is 43.6 Å². The van der Waals surface area contributed by atoms with Crippen molar-refractivity contribution in [1.82, 2.24) is 14.8 Å². The fourth-order valence-corrected chi connectivity index (χ4v) is 3.55. The van der Waals surface area contributed by atoms with Gasteiger partial charge in [-0.3, -0.25) is 14.7 Å². The predicted molar refractivity (Wildman–Crippen MR) is 121 cm³/mol.